The highest BCUT2D eigenvalue weighted by molar-refractivity contribution is 5.94. The number of esters is 1. The molecule has 1 aliphatic heterocycles. The van der Waals surface area contributed by atoms with E-state index in [1.165, 1.54) is 0 Å². The van der Waals surface area contributed by atoms with E-state index in [1.54, 1.807) is 0 Å². The summed E-state index contributed by atoms with van der Waals surface area (Å²) in [6, 6.07) is 9.66. The first kappa shape index (κ1) is 15.5. The molecule has 1 fully saturated rings. The van der Waals surface area contributed by atoms with E-state index in [-0.39, 0.29) is 17.9 Å². The monoisotopic (exact) mass is 289 g/mol. The van der Waals surface area contributed by atoms with E-state index in [0.29, 0.717) is 13.0 Å². The number of carbonyl (C=O) groups is 2. The van der Waals surface area contributed by atoms with Crippen LogP contribution in [0.15, 0.2) is 30.3 Å². The second kappa shape index (κ2) is 7.81. The Morgan fingerprint density at radius 2 is 2.05 bits per heavy atom. The van der Waals surface area contributed by atoms with Gasteiger partial charge in [0.1, 0.15) is 0 Å². The highest BCUT2D eigenvalue weighted by Gasteiger charge is 2.28. The molecule has 2 rings (SSSR count). The van der Waals surface area contributed by atoms with Crippen LogP contribution in [-0.4, -0.2) is 36.0 Å². The summed E-state index contributed by atoms with van der Waals surface area (Å²) in [5, 5.41) is 0. The van der Waals surface area contributed by atoms with Gasteiger partial charge >= 0.3 is 5.97 Å². The first-order valence-corrected chi connectivity index (χ1v) is 7.74. The third kappa shape index (κ3) is 4.31. The molecule has 0 saturated carbocycles. The van der Waals surface area contributed by atoms with Crippen molar-refractivity contribution in [1.82, 2.24) is 4.90 Å². The Labute approximate surface area is 126 Å². The van der Waals surface area contributed by atoms with E-state index in [0.717, 1.165) is 37.8 Å². The van der Waals surface area contributed by atoms with Gasteiger partial charge in [0.15, 0.2) is 0 Å². The van der Waals surface area contributed by atoms with Crippen molar-refractivity contribution in [2.45, 2.75) is 45.1 Å². The summed E-state index contributed by atoms with van der Waals surface area (Å²) in [5.74, 6) is -0.0364. The van der Waals surface area contributed by atoms with Crippen LogP contribution in [0.1, 0.15) is 49.4 Å². The number of carbonyl (C=O) groups excluding carboxylic acids is 2. The van der Waals surface area contributed by atoms with Crippen molar-refractivity contribution in [3.63, 3.8) is 0 Å². The molecule has 1 atom stereocenters. The minimum absolute atomic E-state index is 0.106. The summed E-state index contributed by atoms with van der Waals surface area (Å²) in [6.45, 7) is 3.06. The van der Waals surface area contributed by atoms with Crippen molar-refractivity contribution < 1.29 is 14.3 Å². The van der Waals surface area contributed by atoms with Crippen molar-refractivity contribution in [3.8, 4) is 0 Å². The minimum Gasteiger partial charge on any atom is -0.466 e. The lowest BCUT2D eigenvalue weighted by molar-refractivity contribution is -0.143. The van der Waals surface area contributed by atoms with Crippen molar-refractivity contribution in [3.05, 3.63) is 35.9 Å². The van der Waals surface area contributed by atoms with Gasteiger partial charge in [0.25, 0.3) is 5.91 Å². The fourth-order valence-corrected chi connectivity index (χ4v) is 2.86. The first-order valence-electron chi connectivity index (χ1n) is 7.74. The molecule has 1 heterocycles. The predicted molar refractivity (Wildman–Crippen MR) is 81.0 cm³/mol. The lowest BCUT2D eigenvalue weighted by Crippen LogP contribution is -2.35. The van der Waals surface area contributed by atoms with Crippen LogP contribution in [0, 0.1) is 0 Å². The molecule has 0 spiro atoms. The molecule has 0 unspecified atom stereocenters. The molecule has 21 heavy (non-hydrogen) atoms. The van der Waals surface area contributed by atoms with E-state index < -0.39 is 0 Å². The maximum Gasteiger partial charge on any atom is 0.305 e. The molecule has 1 amide bonds. The fourth-order valence-electron chi connectivity index (χ4n) is 2.86. The average Bonchev–Trinajstić information content (AvgIpc) is 2.96. The van der Waals surface area contributed by atoms with Crippen LogP contribution in [0.4, 0.5) is 0 Å². The van der Waals surface area contributed by atoms with Crippen molar-refractivity contribution in [2.24, 2.45) is 0 Å². The quantitative estimate of drug-likeness (QED) is 0.756. The van der Waals surface area contributed by atoms with Crippen LogP contribution in [0.3, 0.4) is 0 Å². The Kier molecular flexibility index (Phi) is 5.78. The van der Waals surface area contributed by atoms with Crippen molar-refractivity contribution in [1.29, 1.82) is 0 Å². The first-order chi connectivity index (χ1) is 10.2. The van der Waals surface area contributed by atoms with Crippen LogP contribution >= 0.6 is 0 Å². The highest BCUT2D eigenvalue weighted by Crippen LogP contribution is 2.24. The maximum absolute atomic E-state index is 12.5. The number of hydrogen-bond acceptors (Lipinski definition) is 3. The molecule has 0 aromatic heterocycles. The van der Waals surface area contributed by atoms with Gasteiger partial charge in [-0.1, -0.05) is 18.2 Å². The normalized spacial score (nSPS) is 17.8. The Hall–Kier alpha value is -1.84. The van der Waals surface area contributed by atoms with E-state index >= 15 is 0 Å². The zero-order chi connectivity index (χ0) is 15.1. The van der Waals surface area contributed by atoms with Gasteiger partial charge in [-0.05, 0) is 44.7 Å². The lowest BCUT2D eigenvalue weighted by Gasteiger charge is -2.24. The lowest BCUT2D eigenvalue weighted by atomic mass is 10.1. The highest BCUT2D eigenvalue weighted by atomic mass is 16.5. The summed E-state index contributed by atoms with van der Waals surface area (Å²) in [7, 11) is 0. The molecule has 0 N–H and O–H groups in total. The Morgan fingerprint density at radius 3 is 2.76 bits per heavy atom. The summed E-state index contributed by atoms with van der Waals surface area (Å²) in [6.07, 6.45) is 4.17. The van der Waals surface area contributed by atoms with Crippen LogP contribution in [0.5, 0.6) is 0 Å². The molecule has 0 radical (unpaired) electrons. The number of likely N-dealkylation sites (tertiary alicyclic amines) is 1. The molecule has 4 heteroatoms. The zero-order valence-corrected chi connectivity index (χ0v) is 12.6. The van der Waals surface area contributed by atoms with Gasteiger partial charge in [0.2, 0.25) is 0 Å². The Bertz CT molecular complexity index is 472. The maximum atomic E-state index is 12.5. The molecule has 4 nitrogen and oxygen atoms in total. The summed E-state index contributed by atoms with van der Waals surface area (Å²) >= 11 is 0. The van der Waals surface area contributed by atoms with Gasteiger partial charge in [0, 0.05) is 24.6 Å². The van der Waals surface area contributed by atoms with Crippen LogP contribution in [0.25, 0.3) is 0 Å². The van der Waals surface area contributed by atoms with Crippen molar-refractivity contribution in [2.75, 3.05) is 13.2 Å². The van der Waals surface area contributed by atoms with Gasteiger partial charge in [-0.25, -0.2) is 0 Å². The predicted octanol–water partition coefficient (Wildman–Crippen LogP) is 3.02. The second-order valence-electron chi connectivity index (χ2n) is 5.36. The third-order valence-corrected chi connectivity index (χ3v) is 3.88. The van der Waals surface area contributed by atoms with E-state index in [1.807, 2.05) is 42.2 Å². The summed E-state index contributed by atoms with van der Waals surface area (Å²) in [4.78, 5) is 25.8. The molecular formula is C17H23NO3. The molecule has 0 aliphatic carbocycles. The third-order valence-electron chi connectivity index (χ3n) is 3.88. The molecule has 1 aliphatic rings. The zero-order valence-electron chi connectivity index (χ0n) is 12.6. The van der Waals surface area contributed by atoms with Gasteiger partial charge in [-0.3, -0.25) is 9.59 Å². The Balaban J connectivity index is 1.86. The van der Waals surface area contributed by atoms with Gasteiger partial charge in [-0.2, -0.15) is 0 Å². The fraction of sp³-hybridized carbons (Fsp3) is 0.529. The van der Waals surface area contributed by atoms with Gasteiger partial charge in [-0.15, -0.1) is 0 Å². The molecule has 1 aromatic rings. The van der Waals surface area contributed by atoms with E-state index in [4.69, 9.17) is 4.74 Å². The molecule has 114 valence electrons. The van der Waals surface area contributed by atoms with Gasteiger partial charge in [0.05, 0.1) is 6.61 Å². The molecule has 1 aromatic carbocycles. The van der Waals surface area contributed by atoms with E-state index in [9.17, 15) is 9.59 Å². The van der Waals surface area contributed by atoms with E-state index in [2.05, 4.69) is 0 Å². The summed E-state index contributed by atoms with van der Waals surface area (Å²) in [5.41, 5.74) is 0.745. The number of benzene rings is 1. The van der Waals surface area contributed by atoms with Crippen LogP contribution < -0.4 is 0 Å². The number of nitrogens with zero attached hydrogens (tertiary/aromatic N) is 1. The SMILES string of the molecule is CCOC(=O)CCC[C@@H]1CCCN1C(=O)c1ccccc1. The largest absolute Gasteiger partial charge is 0.466 e. The number of hydrogen-bond donors (Lipinski definition) is 0. The number of rotatable bonds is 6. The second-order valence-corrected chi connectivity index (χ2v) is 5.36. The van der Waals surface area contributed by atoms with Crippen LogP contribution in [-0.2, 0) is 9.53 Å². The Morgan fingerprint density at radius 1 is 1.29 bits per heavy atom. The standard InChI is InChI=1S/C17H23NO3/c1-2-21-16(19)12-6-10-15-11-7-13-18(15)17(20)14-8-4-3-5-9-14/h3-5,8-9,15H,2,6-7,10-13H2,1H3/t15-/m1/s1. The minimum atomic E-state index is -0.142. The smallest absolute Gasteiger partial charge is 0.305 e. The average molecular weight is 289 g/mol. The molecule has 0 bridgehead atoms. The number of amides is 1. The molecular weight excluding hydrogens is 266 g/mol. The topological polar surface area (TPSA) is 46.6 Å². The van der Waals surface area contributed by atoms with Crippen molar-refractivity contribution >= 4 is 11.9 Å². The number of ether oxygens (including phenoxy) is 1. The summed E-state index contributed by atoms with van der Waals surface area (Å²) < 4.78 is 4.93. The van der Waals surface area contributed by atoms with Crippen LogP contribution in [0.2, 0.25) is 0 Å². The van der Waals surface area contributed by atoms with Gasteiger partial charge < -0.3 is 9.64 Å². The molecule has 1 saturated heterocycles.